The first-order valence-electron chi connectivity index (χ1n) is 6.01. The van der Waals surface area contributed by atoms with E-state index in [-0.39, 0.29) is 6.61 Å². The standard InChI is InChI=1S/C14H22O2/c1-3-16-9-8-13(11-15)10-14-7-5-4-6-12(14)2/h4-7,13,15H,3,8-11H2,1-2H3. The molecular formula is C14H22O2. The topological polar surface area (TPSA) is 29.5 Å². The van der Waals surface area contributed by atoms with Gasteiger partial charge in [0, 0.05) is 19.8 Å². The van der Waals surface area contributed by atoms with Crippen LogP contribution >= 0.6 is 0 Å². The van der Waals surface area contributed by atoms with Crippen molar-refractivity contribution in [2.24, 2.45) is 5.92 Å². The minimum absolute atomic E-state index is 0.238. The number of benzene rings is 1. The highest BCUT2D eigenvalue weighted by Crippen LogP contribution is 2.15. The minimum atomic E-state index is 0.238. The zero-order valence-corrected chi connectivity index (χ0v) is 10.3. The minimum Gasteiger partial charge on any atom is -0.396 e. The largest absolute Gasteiger partial charge is 0.396 e. The molecule has 0 radical (unpaired) electrons. The van der Waals surface area contributed by atoms with Gasteiger partial charge in [-0.2, -0.15) is 0 Å². The molecular weight excluding hydrogens is 200 g/mol. The summed E-state index contributed by atoms with van der Waals surface area (Å²) in [6.07, 6.45) is 1.87. The van der Waals surface area contributed by atoms with Crippen molar-refractivity contribution in [3.05, 3.63) is 35.4 Å². The van der Waals surface area contributed by atoms with Crippen molar-refractivity contribution in [3.8, 4) is 0 Å². The SMILES string of the molecule is CCOCCC(CO)Cc1ccccc1C. The Kier molecular flexibility index (Phi) is 6.12. The van der Waals surface area contributed by atoms with Crippen LogP contribution in [0.1, 0.15) is 24.5 Å². The van der Waals surface area contributed by atoms with Crippen LogP contribution in [0.25, 0.3) is 0 Å². The molecule has 0 bridgehead atoms. The second-order valence-electron chi connectivity index (χ2n) is 4.16. The van der Waals surface area contributed by atoms with Gasteiger partial charge in [-0.3, -0.25) is 0 Å². The molecule has 1 aromatic carbocycles. The molecule has 16 heavy (non-hydrogen) atoms. The van der Waals surface area contributed by atoms with Crippen LogP contribution in [-0.2, 0) is 11.2 Å². The van der Waals surface area contributed by atoms with E-state index < -0.39 is 0 Å². The van der Waals surface area contributed by atoms with Gasteiger partial charge in [-0.25, -0.2) is 0 Å². The fourth-order valence-electron chi connectivity index (χ4n) is 1.80. The van der Waals surface area contributed by atoms with E-state index in [4.69, 9.17) is 4.74 Å². The van der Waals surface area contributed by atoms with Gasteiger partial charge in [-0.1, -0.05) is 24.3 Å². The van der Waals surface area contributed by atoms with Crippen LogP contribution in [-0.4, -0.2) is 24.9 Å². The van der Waals surface area contributed by atoms with Crippen LogP contribution < -0.4 is 0 Å². The van der Waals surface area contributed by atoms with Gasteiger partial charge in [0.05, 0.1) is 0 Å². The van der Waals surface area contributed by atoms with Crippen LogP contribution in [0.5, 0.6) is 0 Å². The Morgan fingerprint density at radius 1 is 1.31 bits per heavy atom. The molecule has 2 nitrogen and oxygen atoms in total. The van der Waals surface area contributed by atoms with E-state index >= 15 is 0 Å². The summed E-state index contributed by atoms with van der Waals surface area (Å²) in [6.45, 7) is 5.85. The van der Waals surface area contributed by atoms with Gasteiger partial charge in [-0.05, 0) is 43.7 Å². The highest BCUT2D eigenvalue weighted by atomic mass is 16.5. The molecule has 0 heterocycles. The second-order valence-corrected chi connectivity index (χ2v) is 4.16. The maximum Gasteiger partial charge on any atom is 0.0469 e. The van der Waals surface area contributed by atoms with Crippen LogP contribution in [0.15, 0.2) is 24.3 Å². The molecule has 1 unspecified atom stereocenters. The molecule has 2 heteroatoms. The second kappa shape index (κ2) is 7.42. The number of hydrogen-bond acceptors (Lipinski definition) is 2. The first-order valence-corrected chi connectivity index (χ1v) is 6.01. The Hall–Kier alpha value is -0.860. The Morgan fingerprint density at radius 3 is 2.69 bits per heavy atom. The molecule has 0 aliphatic heterocycles. The van der Waals surface area contributed by atoms with Crippen LogP contribution in [0.4, 0.5) is 0 Å². The van der Waals surface area contributed by atoms with Crippen molar-refractivity contribution in [1.29, 1.82) is 0 Å². The smallest absolute Gasteiger partial charge is 0.0469 e. The Bertz CT molecular complexity index is 297. The molecule has 0 amide bonds. The molecule has 0 aliphatic rings. The lowest BCUT2D eigenvalue weighted by Crippen LogP contribution is -2.13. The fraction of sp³-hybridized carbons (Fsp3) is 0.571. The Morgan fingerprint density at radius 2 is 2.06 bits per heavy atom. The van der Waals surface area contributed by atoms with E-state index in [1.807, 2.05) is 13.0 Å². The third-order valence-electron chi connectivity index (χ3n) is 2.90. The average molecular weight is 222 g/mol. The van der Waals surface area contributed by atoms with Crippen molar-refractivity contribution in [3.63, 3.8) is 0 Å². The van der Waals surface area contributed by atoms with Crippen molar-refractivity contribution < 1.29 is 9.84 Å². The number of ether oxygens (including phenoxy) is 1. The third kappa shape index (κ3) is 4.33. The Labute approximate surface area is 98.3 Å². The van der Waals surface area contributed by atoms with Gasteiger partial charge in [0.15, 0.2) is 0 Å². The van der Waals surface area contributed by atoms with Crippen LogP contribution in [0.2, 0.25) is 0 Å². The highest BCUT2D eigenvalue weighted by molar-refractivity contribution is 5.25. The van der Waals surface area contributed by atoms with E-state index in [0.717, 1.165) is 26.1 Å². The van der Waals surface area contributed by atoms with Gasteiger partial charge in [0.25, 0.3) is 0 Å². The Balaban J connectivity index is 2.46. The highest BCUT2D eigenvalue weighted by Gasteiger charge is 2.09. The first-order chi connectivity index (χ1) is 7.77. The normalized spacial score (nSPS) is 12.7. The zero-order chi connectivity index (χ0) is 11.8. The summed E-state index contributed by atoms with van der Waals surface area (Å²) in [5.74, 6) is 0.313. The molecule has 1 aromatic rings. The van der Waals surface area contributed by atoms with E-state index in [2.05, 4.69) is 25.1 Å². The molecule has 0 saturated carbocycles. The van der Waals surface area contributed by atoms with Gasteiger partial charge >= 0.3 is 0 Å². The molecule has 1 atom stereocenters. The molecule has 1 rings (SSSR count). The third-order valence-corrected chi connectivity index (χ3v) is 2.90. The molecule has 90 valence electrons. The summed E-state index contributed by atoms with van der Waals surface area (Å²) in [4.78, 5) is 0. The number of aliphatic hydroxyl groups is 1. The summed E-state index contributed by atoms with van der Waals surface area (Å²) in [5.41, 5.74) is 2.63. The number of aliphatic hydroxyl groups excluding tert-OH is 1. The maximum absolute atomic E-state index is 9.32. The van der Waals surface area contributed by atoms with Gasteiger partial charge in [-0.15, -0.1) is 0 Å². The summed E-state index contributed by atoms with van der Waals surface area (Å²) >= 11 is 0. The number of hydrogen-bond donors (Lipinski definition) is 1. The molecule has 1 N–H and O–H groups in total. The lowest BCUT2D eigenvalue weighted by Gasteiger charge is -2.15. The number of rotatable bonds is 7. The summed E-state index contributed by atoms with van der Waals surface area (Å²) in [7, 11) is 0. The molecule has 0 fully saturated rings. The summed E-state index contributed by atoms with van der Waals surface area (Å²) < 4.78 is 5.32. The predicted octanol–water partition coefficient (Wildman–Crippen LogP) is 2.57. The lowest BCUT2D eigenvalue weighted by atomic mass is 9.94. The van der Waals surface area contributed by atoms with Crippen molar-refractivity contribution in [2.45, 2.75) is 26.7 Å². The zero-order valence-electron chi connectivity index (χ0n) is 10.3. The van der Waals surface area contributed by atoms with E-state index in [1.165, 1.54) is 11.1 Å². The van der Waals surface area contributed by atoms with Crippen LogP contribution in [0, 0.1) is 12.8 Å². The van der Waals surface area contributed by atoms with Gasteiger partial charge < -0.3 is 9.84 Å². The van der Waals surface area contributed by atoms with E-state index in [1.54, 1.807) is 0 Å². The molecule has 0 saturated heterocycles. The molecule has 0 aliphatic carbocycles. The first kappa shape index (κ1) is 13.2. The molecule has 0 spiro atoms. The van der Waals surface area contributed by atoms with Gasteiger partial charge in [0.2, 0.25) is 0 Å². The average Bonchev–Trinajstić information content (AvgIpc) is 2.30. The lowest BCUT2D eigenvalue weighted by molar-refractivity contribution is 0.115. The summed E-state index contributed by atoms with van der Waals surface area (Å²) in [6, 6.07) is 8.36. The van der Waals surface area contributed by atoms with Crippen LogP contribution in [0.3, 0.4) is 0 Å². The van der Waals surface area contributed by atoms with Crippen molar-refractivity contribution >= 4 is 0 Å². The van der Waals surface area contributed by atoms with Crippen molar-refractivity contribution in [1.82, 2.24) is 0 Å². The van der Waals surface area contributed by atoms with Gasteiger partial charge in [0.1, 0.15) is 0 Å². The maximum atomic E-state index is 9.32. The number of aryl methyl sites for hydroxylation is 1. The summed E-state index contributed by atoms with van der Waals surface area (Å²) in [5, 5.41) is 9.32. The molecule has 0 aromatic heterocycles. The fourth-order valence-corrected chi connectivity index (χ4v) is 1.80. The quantitative estimate of drug-likeness (QED) is 0.718. The van der Waals surface area contributed by atoms with E-state index in [9.17, 15) is 5.11 Å². The van der Waals surface area contributed by atoms with Crippen molar-refractivity contribution in [2.75, 3.05) is 19.8 Å². The van der Waals surface area contributed by atoms with E-state index in [0.29, 0.717) is 5.92 Å². The predicted molar refractivity (Wildman–Crippen MR) is 66.6 cm³/mol. The monoisotopic (exact) mass is 222 g/mol.